The second-order valence-electron chi connectivity index (χ2n) is 9.69. The lowest BCUT2D eigenvalue weighted by Gasteiger charge is -2.25. The first-order valence-corrected chi connectivity index (χ1v) is 13.5. The number of fused-ring (bicyclic) bond motifs is 1. The third kappa shape index (κ3) is 8.68. The average molecular weight is 516 g/mol. The Hall–Kier alpha value is -2.71. The van der Waals surface area contributed by atoms with Crippen molar-refractivity contribution in [3.05, 3.63) is 53.2 Å². The summed E-state index contributed by atoms with van der Waals surface area (Å²) in [6.45, 7) is 7.28. The van der Waals surface area contributed by atoms with Gasteiger partial charge in [-0.05, 0) is 61.4 Å². The first-order valence-electron chi connectivity index (χ1n) is 13.5. The lowest BCUT2D eigenvalue weighted by molar-refractivity contribution is -0.137. The zero-order valence-corrected chi connectivity index (χ0v) is 22.5. The second-order valence-corrected chi connectivity index (χ2v) is 9.69. The molecule has 2 atom stereocenters. The van der Waals surface area contributed by atoms with E-state index >= 15 is 4.39 Å². The van der Waals surface area contributed by atoms with E-state index in [4.69, 9.17) is 14.5 Å². The molecule has 37 heavy (non-hydrogen) atoms. The van der Waals surface area contributed by atoms with Gasteiger partial charge in [0.1, 0.15) is 23.8 Å². The van der Waals surface area contributed by atoms with Crippen LogP contribution < -0.4 is 10.1 Å². The van der Waals surface area contributed by atoms with Gasteiger partial charge in [0.2, 0.25) is 0 Å². The number of hydrogen-bond donors (Lipinski definition) is 2. The van der Waals surface area contributed by atoms with Crippen molar-refractivity contribution in [2.24, 2.45) is 0 Å². The molecule has 2 aromatic rings. The van der Waals surface area contributed by atoms with Gasteiger partial charge in [0.05, 0.1) is 13.0 Å². The van der Waals surface area contributed by atoms with Crippen molar-refractivity contribution in [3.8, 4) is 5.75 Å². The fraction of sp³-hybridized carbons (Fsp3) is 0.586. The number of likely N-dealkylation sites (tertiary alicyclic amines) is 1. The van der Waals surface area contributed by atoms with Gasteiger partial charge in [-0.2, -0.15) is 0 Å². The molecule has 0 saturated carbocycles. The quantitative estimate of drug-likeness (QED) is 0.381. The Morgan fingerprint density at radius 1 is 1.27 bits per heavy atom. The van der Waals surface area contributed by atoms with Crippen LogP contribution in [0.2, 0.25) is 0 Å². The van der Waals surface area contributed by atoms with E-state index in [0.29, 0.717) is 57.9 Å². The maximum atomic E-state index is 15.7. The molecule has 2 aliphatic rings. The van der Waals surface area contributed by atoms with Gasteiger partial charge in [-0.1, -0.05) is 32.0 Å². The van der Waals surface area contributed by atoms with E-state index in [1.54, 1.807) is 7.11 Å². The van der Waals surface area contributed by atoms with Gasteiger partial charge >= 0.3 is 5.97 Å². The van der Waals surface area contributed by atoms with Crippen molar-refractivity contribution in [2.75, 3.05) is 51.8 Å². The number of ether oxygens (including phenoxy) is 2. The number of anilines is 1. The Morgan fingerprint density at radius 3 is 2.89 bits per heavy atom. The zero-order valence-electron chi connectivity index (χ0n) is 22.5. The number of halogens is 1. The minimum Gasteiger partial charge on any atom is -0.491 e. The van der Waals surface area contributed by atoms with Crippen LogP contribution in [0.25, 0.3) is 0 Å². The van der Waals surface area contributed by atoms with Gasteiger partial charge in [-0.25, -0.2) is 9.37 Å². The Labute approximate surface area is 220 Å². The summed E-state index contributed by atoms with van der Waals surface area (Å²) in [4.78, 5) is 18.4. The highest BCUT2D eigenvalue weighted by Gasteiger charge is 2.39. The van der Waals surface area contributed by atoms with Crippen LogP contribution in [0.3, 0.4) is 0 Å². The predicted octanol–water partition coefficient (Wildman–Crippen LogP) is 5.10. The minimum atomic E-state index is -1.29. The summed E-state index contributed by atoms with van der Waals surface area (Å²) < 4.78 is 26.4. The van der Waals surface area contributed by atoms with Gasteiger partial charge in [-0.3, -0.25) is 9.69 Å². The number of rotatable bonds is 12. The lowest BCUT2D eigenvalue weighted by Crippen LogP contribution is -2.32. The zero-order chi connectivity index (χ0) is 26.7. The molecule has 204 valence electrons. The number of aliphatic carboxylic acids is 1. The third-order valence-electron chi connectivity index (χ3n) is 6.95. The Bertz CT molecular complexity index is 1000. The van der Waals surface area contributed by atoms with Crippen molar-refractivity contribution in [1.82, 2.24) is 9.88 Å². The molecule has 0 spiro atoms. The normalized spacial score (nSPS) is 19.8. The van der Waals surface area contributed by atoms with Crippen molar-refractivity contribution < 1.29 is 23.8 Å². The summed E-state index contributed by atoms with van der Waals surface area (Å²) >= 11 is 0. The van der Waals surface area contributed by atoms with Crippen molar-refractivity contribution in [2.45, 2.75) is 64.0 Å². The molecule has 0 aliphatic carbocycles. The van der Waals surface area contributed by atoms with Crippen LogP contribution >= 0.6 is 0 Å². The highest BCUT2D eigenvalue weighted by Crippen LogP contribution is 2.33. The molecule has 0 amide bonds. The highest BCUT2D eigenvalue weighted by molar-refractivity contribution is 5.68. The van der Waals surface area contributed by atoms with Gasteiger partial charge in [0, 0.05) is 44.9 Å². The summed E-state index contributed by atoms with van der Waals surface area (Å²) in [5, 5.41) is 12.8. The molecule has 2 unspecified atom stereocenters. The first kappa shape index (κ1) is 28.9. The highest BCUT2D eigenvalue weighted by atomic mass is 19.1. The predicted molar refractivity (Wildman–Crippen MR) is 144 cm³/mol. The second kappa shape index (κ2) is 14.3. The fourth-order valence-electron chi connectivity index (χ4n) is 5.05. The van der Waals surface area contributed by atoms with E-state index in [1.165, 1.54) is 5.56 Å². The number of hydrogen-bond acceptors (Lipinski definition) is 6. The molecule has 4 rings (SSSR count). The monoisotopic (exact) mass is 515 g/mol. The number of alkyl halides is 1. The maximum Gasteiger partial charge on any atom is 0.304 e. The Morgan fingerprint density at radius 2 is 2.11 bits per heavy atom. The fourth-order valence-corrected chi connectivity index (χ4v) is 5.05. The molecule has 1 saturated heterocycles. The average Bonchev–Trinajstić information content (AvgIpc) is 3.29. The van der Waals surface area contributed by atoms with Crippen LogP contribution in [0.1, 0.15) is 62.3 Å². The van der Waals surface area contributed by atoms with Crippen molar-refractivity contribution in [1.29, 1.82) is 0 Å². The number of aryl methyl sites for hydroxylation is 2. The van der Waals surface area contributed by atoms with Crippen LogP contribution in [0.5, 0.6) is 5.75 Å². The standard InChI is InChI=1S/C27H36FN3O4.C2H6/c1-34-14-15-35-24-6-2-4-21(16-24)22(17-25(32)33)18-31-13-11-27(28,19-31)10-9-23-8-7-20-5-3-12-29-26(20)30-23;1-2/h2,4,6-8,16,22H,3,5,9-15,17-19H2,1H3,(H,29,30)(H,32,33);1-2H3. The van der Waals surface area contributed by atoms with Crippen LogP contribution in [0.4, 0.5) is 10.2 Å². The summed E-state index contributed by atoms with van der Waals surface area (Å²) in [5.74, 6) is 0.524. The number of nitrogens with one attached hydrogen (secondary N) is 1. The van der Waals surface area contributed by atoms with Gasteiger partial charge in [-0.15, -0.1) is 0 Å². The largest absolute Gasteiger partial charge is 0.491 e. The van der Waals surface area contributed by atoms with E-state index < -0.39 is 11.6 Å². The molecule has 2 aliphatic heterocycles. The summed E-state index contributed by atoms with van der Waals surface area (Å²) in [7, 11) is 1.62. The maximum absolute atomic E-state index is 15.7. The lowest BCUT2D eigenvalue weighted by atomic mass is 9.94. The summed E-state index contributed by atoms with van der Waals surface area (Å²) in [6, 6.07) is 11.7. The van der Waals surface area contributed by atoms with E-state index in [2.05, 4.69) is 16.3 Å². The molecule has 1 aromatic carbocycles. The molecule has 1 aromatic heterocycles. The molecule has 0 bridgehead atoms. The van der Waals surface area contributed by atoms with Crippen LogP contribution in [-0.2, 0) is 22.4 Å². The Balaban J connectivity index is 0.00000186. The minimum absolute atomic E-state index is 0.0106. The van der Waals surface area contributed by atoms with Crippen LogP contribution in [0.15, 0.2) is 36.4 Å². The molecule has 1 fully saturated rings. The summed E-state index contributed by atoms with van der Waals surface area (Å²) in [6.07, 6.45) is 3.61. The van der Waals surface area contributed by atoms with Gasteiger partial charge in [0.15, 0.2) is 0 Å². The topological polar surface area (TPSA) is 83.9 Å². The first-order chi connectivity index (χ1) is 17.9. The number of carboxylic acid groups (broad SMARTS) is 1. The molecular formula is C29H42FN3O4. The molecule has 2 N–H and O–H groups in total. The molecular weight excluding hydrogens is 473 g/mol. The number of aromatic nitrogens is 1. The van der Waals surface area contributed by atoms with Gasteiger partial charge in [0.25, 0.3) is 0 Å². The van der Waals surface area contributed by atoms with E-state index in [-0.39, 0.29) is 12.3 Å². The van der Waals surface area contributed by atoms with Crippen LogP contribution in [-0.4, -0.2) is 73.1 Å². The molecule has 7 nitrogen and oxygen atoms in total. The van der Waals surface area contributed by atoms with E-state index in [0.717, 1.165) is 36.5 Å². The third-order valence-corrected chi connectivity index (χ3v) is 6.95. The number of benzene rings is 1. The molecule has 0 radical (unpaired) electrons. The number of methoxy groups -OCH3 is 1. The molecule has 8 heteroatoms. The summed E-state index contributed by atoms with van der Waals surface area (Å²) in [5.41, 5.74) is 1.76. The van der Waals surface area contributed by atoms with Crippen LogP contribution in [0, 0.1) is 0 Å². The van der Waals surface area contributed by atoms with Crippen molar-refractivity contribution in [3.63, 3.8) is 0 Å². The van der Waals surface area contributed by atoms with E-state index in [9.17, 15) is 9.90 Å². The smallest absolute Gasteiger partial charge is 0.304 e. The number of carbonyl (C=O) groups is 1. The van der Waals surface area contributed by atoms with Gasteiger partial charge < -0.3 is 19.9 Å². The SMILES string of the molecule is CC.COCCOc1cccc(C(CC(=O)O)CN2CCC(F)(CCc3ccc4c(n3)NCCC4)C2)c1. The molecule has 3 heterocycles. The number of carboxylic acids is 1. The number of nitrogens with zero attached hydrogens (tertiary/aromatic N) is 2. The number of pyridine rings is 1. The van der Waals surface area contributed by atoms with Crippen molar-refractivity contribution >= 4 is 11.8 Å². The Kier molecular flexibility index (Phi) is 11.1. The van der Waals surface area contributed by atoms with E-state index in [1.807, 2.05) is 44.2 Å².